The molecule has 0 bridgehead atoms. The molecule has 23 heavy (non-hydrogen) atoms. The Balaban J connectivity index is 1.86. The first-order valence-corrected chi connectivity index (χ1v) is 7.40. The van der Waals surface area contributed by atoms with Crippen LogP contribution in [0.5, 0.6) is 0 Å². The molecular weight excluding hydrogens is 323 g/mol. The Kier molecular flexibility index (Phi) is 4.24. The van der Waals surface area contributed by atoms with Gasteiger partial charge in [0.1, 0.15) is 17.4 Å². The van der Waals surface area contributed by atoms with E-state index >= 15 is 0 Å². The lowest BCUT2D eigenvalue weighted by Crippen LogP contribution is -2.34. The third-order valence-corrected chi connectivity index (χ3v) is 3.48. The molecule has 8 nitrogen and oxygen atoms in total. The van der Waals surface area contributed by atoms with E-state index in [1.54, 1.807) is 19.1 Å². The largest absolute Gasteiger partial charge is 0.340 e. The van der Waals surface area contributed by atoms with Gasteiger partial charge in [0.15, 0.2) is 5.82 Å². The number of halogens is 1. The zero-order chi connectivity index (χ0) is 16.2. The lowest BCUT2D eigenvalue weighted by molar-refractivity contribution is 0.249. The molecule has 3 rings (SSSR count). The van der Waals surface area contributed by atoms with Crippen LogP contribution in [0.3, 0.4) is 0 Å². The van der Waals surface area contributed by atoms with E-state index in [1.165, 1.54) is 17.6 Å². The van der Waals surface area contributed by atoms with Crippen molar-refractivity contribution in [2.45, 2.75) is 13.0 Å². The number of hydrogen-bond acceptors (Lipinski definition) is 7. The van der Waals surface area contributed by atoms with Crippen LogP contribution >= 0.6 is 11.3 Å². The molecule has 2 N–H and O–H groups in total. The van der Waals surface area contributed by atoms with Crippen molar-refractivity contribution in [3.63, 3.8) is 0 Å². The van der Waals surface area contributed by atoms with Gasteiger partial charge >= 0.3 is 6.03 Å². The molecule has 1 atom stereocenters. The maximum Gasteiger partial charge on any atom is 0.321 e. The Labute approximate surface area is 133 Å². The predicted molar refractivity (Wildman–Crippen MR) is 79.3 cm³/mol. The second-order valence-electron chi connectivity index (χ2n) is 4.47. The van der Waals surface area contributed by atoms with Gasteiger partial charge in [-0.05, 0) is 6.07 Å². The average molecular weight is 334 g/mol. The fraction of sp³-hybridized carbons (Fsp3) is 0.154. The zero-order valence-corrected chi connectivity index (χ0v) is 12.7. The van der Waals surface area contributed by atoms with Crippen LogP contribution in [0.15, 0.2) is 34.3 Å². The monoisotopic (exact) mass is 334 g/mol. The van der Waals surface area contributed by atoms with Crippen LogP contribution in [0.25, 0.3) is 0 Å². The van der Waals surface area contributed by atoms with E-state index in [9.17, 15) is 9.18 Å². The number of hydrogen-bond donors (Lipinski definition) is 2. The summed E-state index contributed by atoms with van der Waals surface area (Å²) in [7, 11) is 0. The number of carbonyl (C=O) groups excluding carboxylic acids is 1. The summed E-state index contributed by atoms with van der Waals surface area (Å²) in [6.07, 6.45) is 0. The molecule has 0 saturated carbocycles. The van der Waals surface area contributed by atoms with Gasteiger partial charge in [-0.25, -0.2) is 9.18 Å². The number of anilines is 1. The molecule has 0 saturated heterocycles. The van der Waals surface area contributed by atoms with E-state index in [4.69, 9.17) is 4.52 Å². The molecule has 118 valence electrons. The minimum atomic E-state index is -0.901. The number of benzene rings is 1. The minimum absolute atomic E-state index is 0.153. The first-order chi connectivity index (χ1) is 11.1. The molecule has 0 fully saturated rings. The van der Waals surface area contributed by atoms with Crippen LogP contribution in [-0.4, -0.2) is 26.4 Å². The summed E-state index contributed by atoms with van der Waals surface area (Å²) in [6.45, 7) is 1.61. The third-order valence-electron chi connectivity index (χ3n) is 2.87. The molecule has 0 aliphatic heterocycles. The Bertz CT molecular complexity index is 806. The Hall–Kier alpha value is -2.88. The molecule has 0 aliphatic carbocycles. The van der Waals surface area contributed by atoms with Gasteiger partial charge in [0.05, 0.1) is 0 Å². The van der Waals surface area contributed by atoms with Gasteiger partial charge in [0.25, 0.3) is 0 Å². The van der Waals surface area contributed by atoms with E-state index in [-0.39, 0.29) is 11.4 Å². The smallest absolute Gasteiger partial charge is 0.321 e. The van der Waals surface area contributed by atoms with E-state index in [0.717, 1.165) is 11.3 Å². The summed E-state index contributed by atoms with van der Waals surface area (Å²) in [5.41, 5.74) is 1.70. The topological polar surface area (TPSA) is 106 Å². The van der Waals surface area contributed by atoms with Gasteiger partial charge in [-0.1, -0.05) is 34.7 Å². The molecule has 0 unspecified atom stereocenters. The van der Waals surface area contributed by atoms with E-state index in [2.05, 4.69) is 31.0 Å². The van der Waals surface area contributed by atoms with Crippen LogP contribution in [0, 0.1) is 12.7 Å². The fourth-order valence-electron chi connectivity index (χ4n) is 1.91. The maximum atomic E-state index is 14.1. The molecule has 2 heterocycles. The number of nitrogens with zero attached hydrogens (tertiary/aromatic N) is 4. The van der Waals surface area contributed by atoms with Crippen molar-refractivity contribution in [1.29, 1.82) is 0 Å². The highest BCUT2D eigenvalue weighted by atomic mass is 32.1. The molecule has 1 aromatic carbocycles. The summed E-state index contributed by atoms with van der Waals surface area (Å²) in [6, 6.07) is 4.55. The van der Waals surface area contributed by atoms with E-state index in [0.29, 0.717) is 11.0 Å². The van der Waals surface area contributed by atoms with E-state index in [1.807, 2.05) is 0 Å². The van der Waals surface area contributed by atoms with Gasteiger partial charge in [0, 0.05) is 12.5 Å². The van der Waals surface area contributed by atoms with Crippen LogP contribution in [0.1, 0.15) is 23.3 Å². The first kappa shape index (κ1) is 15.0. The van der Waals surface area contributed by atoms with Crippen LogP contribution in [0.4, 0.5) is 14.3 Å². The summed E-state index contributed by atoms with van der Waals surface area (Å²) in [5, 5.41) is 16.5. The molecule has 0 spiro atoms. The number of aryl methyl sites for hydroxylation is 1. The molecule has 3 aromatic rings. The summed E-state index contributed by atoms with van der Waals surface area (Å²) in [4.78, 5) is 16.2. The number of amides is 2. The van der Waals surface area contributed by atoms with Crippen molar-refractivity contribution in [2.75, 3.05) is 5.32 Å². The SMILES string of the molecule is Cc1nc([C@@H](NC(=O)Nc2nncs2)c2ccccc2F)no1. The zero-order valence-electron chi connectivity index (χ0n) is 11.9. The minimum Gasteiger partial charge on any atom is -0.340 e. The first-order valence-electron chi connectivity index (χ1n) is 6.52. The second kappa shape index (κ2) is 6.48. The summed E-state index contributed by atoms with van der Waals surface area (Å²) in [5.74, 6) is -0.0242. The van der Waals surface area contributed by atoms with E-state index < -0.39 is 17.9 Å². The van der Waals surface area contributed by atoms with Crippen molar-refractivity contribution in [3.8, 4) is 0 Å². The van der Waals surface area contributed by atoms with Gasteiger partial charge in [-0.3, -0.25) is 5.32 Å². The van der Waals surface area contributed by atoms with Crippen molar-refractivity contribution in [3.05, 3.63) is 52.9 Å². The van der Waals surface area contributed by atoms with Crippen molar-refractivity contribution < 1.29 is 13.7 Å². The van der Waals surface area contributed by atoms with Gasteiger partial charge in [-0.2, -0.15) is 4.98 Å². The van der Waals surface area contributed by atoms with Crippen LogP contribution < -0.4 is 10.6 Å². The van der Waals surface area contributed by atoms with Gasteiger partial charge in [0.2, 0.25) is 11.0 Å². The quantitative estimate of drug-likeness (QED) is 0.758. The Morgan fingerprint density at radius 3 is 2.87 bits per heavy atom. The average Bonchev–Trinajstić information content (AvgIpc) is 3.17. The highest BCUT2D eigenvalue weighted by Gasteiger charge is 2.24. The summed E-state index contributed by atoms with van der Waals surface area (Å²) >= 11 is 1.16. The van der Waals surface area contributed by atoms with Crippen molar-refractivity contribution in [1.82, 2.24) is 25.7 Å². The van der Waals surface area contributed by atoms with Crippen molar-refractivity contribution >= 4 is 22.5 Å². The normalized spacial score (nSPS) is 11.9. The molecule has 0 radical (unpaired) electrons. The Morgan fingerprint density at radius 1 is 1.39 bits per heavy atom. The highest BCUT2D eigenvalue weighted by Crippen LogP contribution is 2.22. The molecule has 10 heteroatoms. The number of nitrogens with one attached hydrogen (secondary N) is 2. The standard InChI is InChI=1S/C13H11FN6O2S/c1-7-16-11(20-22-7)10(8-4-2-3-5-9(8)14)17-12(21)18-13-19-15-6-23-13/h2-6,10H,1H3,(H2,17,18,19,21)/t10-/m0/s1. The van der Waals surface area contributed by atoms with Crippen LogP contribution in [0.2, 0.25) is 0 Å². The highest BCUT2D eigenvalue weighted by molar-refractivity contribution is 7.13. The fourth-order valence-corrected chi connectivity index (χ4v) is 2.35. The predicted octanol–water partition coefficient (Wildman–Crippen LogP) is 2.28. The van der Waals surface area contributed by atoms with Gasteiger partial charge < -0.3 is 9.84 Å². The second-order valence-corrected chi connectivity index (χ2v) is 5.30. The Morgan fingerprint density at radius 2 is 2.22 bits per heavy atom. The number of carbonyl (C=O) groups is 1. The third kappa shape index (κ3) is 3.48. The molecule has 2 aromatic heterocycles. The van der Waals surface area contributed by atoms with Gasteiger partial charge in [-0.15, -0.1) is 10.2 Å². The molecular formula is C13H11FN6O2S. The number of urea groups is 1. The lowest BCUT2D eigenvalue weighted by atomic mass is 10.1. The number of aromatic nitrogens is 4. The van der Waals surface area contributed by atoms with Crippen LogP contribution in [-0.2, 0) is 0 Å². The molecule has 0 aliphatic rings. The lowest BCUT2D eigenvalue weighted by Gasteiger charge is -2.16. The maximum absolute atomic E-state index is 14.1. The van der Waals surface area contributed by atoms with Crippen molar-refractivity contribution in [2.24, 2.45) is 0 Å². The summed E-state index contributed by atoms with van der Waals surface area (Å²) < 4.78 is 19.0. The molecule has 2 amide bonds. The number of rotatable bonds is 4.